The van der Waals surface area contributed by atoms with Crippen LogP contribution in [0.4, 0.5) is 0 Å². The highest BCUT2D eigenvalue weighted by atomic mass is 35.5. The van der Waals surface area contributed by atoms with Crippen LogP contribution in [-0.2, 0) is 4.65 Å². The van der Waals surface area contributed by atoms with Gasteiger partial charge in [-0.3, -0.25) is 0 Å². The third-order valence-corrected chi connectivity index (χ3v) is 4.04. The van der Waals surface area contributed by atoms with Crippen LogP contribution in [0.1, 0.15) is 20.8 Å². The minimum absolute atomic E-state index is 0.179. The Balaban J connectivity index is 3.06. The van der Waals surface area contributed by atoms with Crippen molar-refractivity contribution in [3.05, 3.63) is 29.8 Å². The van der Waals surface area contributed by atoms with Crippen LogP contribution in [0, 0.1) is 0 Å². The van der Waals surface area contributed by atoms with Crippen molar-refractivity contribution in [1.82, 2.24) is 0 Å². The van der Waals surface area contributed by atoms with Crippen molar-refractivity contribution >= 4 is 24.5 Å². The van der Waals surface area contributed by atoms with Crippen LogP contribution in [-0.4, -0.2) is 38.0 Å². The zero-order valence-corrected chi connectivity index (χ0v) is 14.0. The number of rotatable bonds is 7. The van der Waals surface area contributed by atoms with E-state index in [9.17, 15) is 5.11 Å². The van der Waals surface area contributed by atoms with Crippen LogP contribution >= 0.6 is 11.6 Å². The molecular formula is C15H22BClO4. The first-order valence-corrected chi connectivity index (χ1v) is 6.96. The summed E-state index contributed by atoms with van der Waals surface area (Å²) in [6.07, 6.45) is 1.58. The molecule has 1 atom stereocenters. The standard InChI is InChI=1S/C15H22BClO4/c1-7-15(4,14(2,3)18)21-16-13-11(17)8-10(19-5)9-12(13)20-6/h7-9,16,18H,1H2,2-6H3. The molecule has 0 aromatic heterocycles. The van der Waals surface area contributed by atoms with Gasteiger partial charge in [-0.1, -0.05) is 17.7 Å². The molecule has 6 heteroatoms. The summed E-state index contributed by atoms with van der Waals surface area (Å²) in [7, 11) is 3.29. The SMILES string of the molecule is C=CC(C)(OBc1c(Cl)cc(OC)cc1OC)C(C)(C)O. The van der Waals surface area contributed by atoms with Crippen molar-refractivity contribution in [2.75, 3.05) is 14.2 Å². The largest absolute Gasteiger partial charge is 0.497 e. The van der Waals surface area contributed by atoms with Crippen LogP contribution < -0.4 is 14.9 Å². The minimum atomic E-state index is -1.08. The van der Waals surface area contributed by atoms with Gasteiger partial charge in [0.2, 0.25) is 0 Å². The fourth-order valence-corrected chi connectivity index (χ4v) is 1.99. The maximum Gasteiger partial charge on any atom is 0.315 e. The normalized spacial score (nSPS) is 14.2. The number of benzene rings is 1. The topological polar surface area (TPSA) is 47.9 Å². The lowest BCUT2D eigenvalue weighted by Gasteiger charge is -2.38. The summed E-state index contributed by atoms with van der Waals surface area (Å²) < 4.78 is 16.3. The Morgan fingerprint density at radius 1 is 1.24 bits per heavy atom. The minimum Gasteiger partial charge on any atom is -0.497 e. The van der Waals surface area contributed by atoms with Gasteiger partial charge in [-0.2, -0.15) is 0 Å². The van der Waals surface area contributed by atoms with E-state index in [0.717, 1.165) is 0 Å². The third-order valence-electron chi connectivity index (χ3n) is 3.70. The van der Waals surface area contributed by atoms with Crippen molar-refractivity contribution in [2.24, 2.45) is 0 Å². The summed E-state index contributed by atoms with van der Waals surface area (Å²) >= 11 is 6.25. The molecule has 1 aromatic carbocycles. The molecule has 0 heterocycles. The number of aliphatic hydroxyl groups is 1. The van der Waals surface area contributed by atoms with Gasteiger partial charge in [-0.05, 0) is 26.8 Å². The second-order valence-electron chi connectivity index (χ2n) is 5.45. The first kappa shape index (κ1) is 17.9. The van der Waals surface area contributed by atoms with Crippen LogP contribution in [0.15, 0.2) is 24.8 Å². The lowest BCUT2D eigenvalue weighted by molar-refractivity contribution is -0.0707. The summed E-state index contributed by atoms with van der Waals surface area (Å²) in [5, 5.41) is 10.7. The zero-order chi connectivity index (χ0) is 16.3. The van der Waals surface area contributed by atoms with Crippen LogP contribution in [0.2, 0.25) is 5.02 Å². The summed E-state index contributed by atoms with van der Waals surface area (Å²) in [5.41, 5.74) is -1.31. The van der Waals surface area contributed by atoms with Crippen LogP contribution in [0.3, 0.4) is 0 Å². The number of hydrogen-bond donors (Lipinski definition) is 1. The second kappa shape index (κ2) is 6.73. The van der Waals surface area contributed by atoms with Gasteiger partial charge in [0, 0.05) is 16.6 Å². The summed E-state index contributed by atoms with van der Waals surface area (Å²) in [4.78, 5) is 0. The monoisotopic (exact) mass is 312 g/mol. The Bertz CT molecular complexity index is 513. The Kier molecular flexibility index (Phi) is 5.73. The van der Waals surface area contributed by atoms with Gasteiger partial charge in [-0.25, -0.2) is 0 Å². The molecule has 1 unspecified atom stereocenters. The van der Waals surface area contributed by atoms with E-state index in [1.54, 1.807) is 53.2 Å². The molecule has 1 aromatic rings. The molecule has 1 rings (SSSR count). The quantitative estimate of drug-likeness (QED) is 0.618. The molecule has 116 valence electrons. The number of methoxy groups -OCH3 is 2. The van der Waals surface area contributed by atoms with Gasteiger partial charge in [0.05, 0.1) is 25.4 Å². The number of ether oxygens (including phenoxy) is 2. The predicted molar refractivity (Wildman–Crippen MR) is 87.3 cm³/mol. The van der Waals surface area contributed by atoms with E-state index in [2.05, 4.69) is 6.58 Å². The molecule has 0 aliphatic carbocycles. The van der Waals surface area contributed by atoms with E-state index in [1.165, 1.54) is 0 Å². The average Bonchev–Trinajstić information content (AvgIpc) is 2.43. The molecule has 0 radical (unpaired) electrons. The lowest BCUT2D eigenvalue weighted by Crippen LogP contribution is -2.50. The van der Waals surface area contributed by atoms with Crippen LogP contribution in [0.25, 0.3) is 0 Å². The first-order valence-electron chi connectivity index (χ1n) is 6.59. The van der Waals surface area contributed by atoms with Crippen LogP contribution in [0.5, 0.6) is 11.5 Å². The maximum absolute atomic E-state index is 10.2. The molecule has 0 bridgehead atoms. The average molecular weight is 313 g/mol. The molecule has 0 fully saturated rings. The van der Waals surface area contributed by atoms with Crippen molar-refractivity contribution in [2.45, 2.75) is 32.0 Å². The predicted octanol–water partition coefficient (Wildman–Crippen LogP) is 2.07. The molecule has 0 saturated carbocycles. The van der Waals surface area contributed by atoms with E-state index in [4.69, 9.17) is 25.7 Å². The van der Waals surface area contributed by atoms with Gasteiger partial charge in [0.1, 0.15) is 11.5 Å². The lowest BCUT2D eigenvalue weighted by atomic mass is 9.81. The first-order chi connectivity index (χ1) is 9.68. The Morgan fingerprint density at radius 2 is 1.86 bits per heavy atom. The van der Waals surface area contributed by atoms with Crippen molar-refractivity contribution in [3.63, 3.8) is 0 Å². The van der Waals surface area contributed by atoms with E-state index >= 15 is 0 Å². The van der Waals surface area contributed by atoms with Gasteiger partial charge in [-0.15, -0.1) is 6.58 Å². The maximum atomic E-state index is 10.2. The molecule has 0 saturated heterocycles. The van der Waals surface area contributed by atoms with E-state index in [0.29, 0.717) is 22.0 Å². The fourth-order valence-electron chi connectivity index (χ4n) is 1.74. The number of halogens is 1. The van der Waals surface area contributed by atoms with E-state index in [1.807, 2.05) is 0 Å². The van der Waals surface area contributed by atoms with Crippen molar-refractivity contribution in [3.8, 4) is 11.5 Å². The van der Waals surface area contributed by atoms with Gasteiger partial charge >= 0.3 is 7.48 Å². The Hall–Kier alpha value is -1.17. The Labute approximate surface area is 131 Å². The molecule has 4 nitrogen and oxygen atoms in total. The second-order valence-corrected chi connectivity index (χ2v) is 5.86. The molecule has 21 heavy (non-hydrogen) atoms. The van der Waals surface area contributed by atoms with Crippen molar-refractivity contribution in [1.29, 1.82) is 0 Å². The molecule has 0 amide bonds. The van der Waals surface area contributed by atoms with Gasteiger partial charge < -0.3 is 19.2 Å². The summed E-state index contributed by atoms with van der Waals surface area (Å²) in [6, 6.07) is 3.43. The van der Waals surface area contributed by atoms with Gasteiger partial charge in [0.25, 0.3) is 0 Å². The van der Waals surface area contributed by atoms with Crippen molar-refractivity contribution < 1.29 is 19.2 Å². The molecule has 0 spiro atoms. The summed E-state index contributed by atoms with van der Waals surface area (Å²) in [6.45, 7) is 8.84. The molecule has 0 aliphatic heterocycles. The highest BCUT2D eigenvalue weighted by Crippen LogP contribution is 2.28. The van der Waals surface area contributed by atoms with Gasteiger partial charge in [0.15, 0.2) is 0 Å². The fraction of sp³-hybridized carbons (Fsp3) is 0.467. The third kappa shape index (κ3) is 3.93. The van der Waals surface area contributed by atoms with E-state index in [-0.39, 0.29) is 7.48 Å². The Morgan fingerprint density at radius 3 is 2.29 bits per heavy atom. The molecule has 1 N–H and O–H groups in total. The number of hydrogen-bond acceptors (Lipinski definition) is 4. The summed E-state index contributed by atoms with van der Waals surface area (Å²) in [5.74, 6) is 1.18. The zero-order valence-electron chi connectivity index (χ0n) is 13.2. The van der Waals surface area contributed by atoms with E-state index < -0.39 is 11.2 Å². The molecule has 0 aliphatic rings. The highest BCUT2D eigenvalue weighted by molar-refractivity contribution is 6.55. The molecular weight excluding hydrogens is 290 g/mol. The highest BCUT2D eigenvalue weighted by Gasteiger charge is 2.38. The smallest absolute Gasteiger partial charge is 0.315 e.